The average Bonchev–Trinajstić information content (AvgIpc) is 2.84. The lowest BCUT2D eigenvalue weighted by atomic mass is 9.72. The molecule has 1 aromatic carbocycles. The summed E-state index contributed by atoms with van der Waals surface area (Å²) in [7, 11) is 0. The molecule has 2 amide bonds. The molecule has 0 saturated carbocycles. The number of rotatable bonds is 4. The van der Waals surface area contributed by atoms with Gasteiger partial charge in [0.25, 0.3) is 6.10 Å². The van der Waals surface area contributed by atoms with Gasteiger partial charge in [-0.15, -0.1) is 0 Å². The lowest BCUT2D eigenvalue weighted by Gasteiger charge is -2.54. The molecule has 7 nitrogen and oxygen atoms in total. The maximum Gasteiger partial charge on any atom is 0.434 e. The van der Waals surface area contributed by atoms with E-state index >= 15 is 0 Å². The molecule has 0 unspecified atom stereocenters. The van der Waals surface area contributed by atoms with Crippen molar-refractivity contribution in [3.63, 3.8) is 0 Å². The first-order chi connectivity index (χ1) is 18.9. The van der Waals surface area contributed by atoms with Crippen LogP contribution in [0.1, 0.15) is 30.9 Å². The van der Waals surface area contributed by atoms with E-state index in [9.17, 15) is 49.1 Å². The number of nitrogens with zero attached hydrogens (tertiary/aromatic N) is 4. The number of carbonyl (C=O) groups excluding carboxylic acids is 2. The van der Waals surface area contributed by atoms with Gasteiger partial charge in [0.05, 0.1) is 5.56 Å². The van der Waals surface area contributed by atoms with Crippen molar-refractivity contribution >= 4 is 17.7 Å². The average molecular weight is 605 g/mol. The van der Waals surface area contributed by atoms with Crippen molar-refractivity contribution in [2.45, 2.75) is 50.9 Å². The Hall–Kier alpha value is -2.91. The van der Waals surface area contributed by atoms with Crippen molar-refractivity contribution in [2.24, 2.45) is 5.41 Å². The second-order valence-electron chi connectivity index (χ2n) is 10.8. The number of anilines is 1. The summed E-state index contributed by atoms with van der Waals surface area (Å²) in [6, 6.07) is 3.40. The summed E-state index contributed by atoms with van der Waals surface area (Å²) in [5.41, 5.74) is 0.0848. The molecule has 0 aliphatic carbocycles. The van der Waals surface area contributed by atoms with Crippen molar-refractivity contribution < 1.29 is 53.8 Å². The molecule has 3 aliphatic heterocycles. The van der Waals surface area contributed by atoms with Gasteiger partial charge >= 0.3 is 24.6 Å². The molecular formula is C25H29F9N4O3. The number of amides is 2. The Bertz CT molecular complexity index is 1100. The van der Waals surface area contributed by atoms with Crippen molar-refractivity contribution in [3.05, 3.63) is 29.3 Å². The predicted molar refractivity (Wildman–Crippen MR) is 127 cm³/mol. The summed E-state index contributed by atoms with van der Waals surface area (Å²) < 4.78 is 121. The summed E-state index contributed by atoms with van der Waals surface area (Å²) in [5, 5.41) is 0. The van der Waals surface area contributed by atoms with Gasteiger partial charge in [-0.2, -0.15) is 39.5 Å². The van der Waals surface area contributed by atoms with E-state index in [2.05, 4.69) is 4.74 Å². The van der Waals surface area contributed by atoms with Gasteiger partial charge in [-0.3, -0.25) is 9.69 Å². The van der Waals surface area contributed by atoms with E-state index in [-0.39, 0.29) is 44.0 Å². The number of piperidine rings is 1. The molecule has 1 spiro atoms. The Morgan fingerprint density at radius 1 is 0.854 bits per heavy atom. The Morgan fingerprint density at radius 2 is 1.41 bits per heavy atom. The van der Waals surface area contributed by atoms with Crippen LogP contribution in [0.5, 0.6) is 0 Å². The molecule has 3 aliphatic rings. The zero-order valence-electron chi connectivity index (χ0n) is 22.0. The number of ether oxygens (including phenoxy) is 1. The SMILES string of the molecule is CC(=O)N1CC2(CCN(c3cc(C(F)(F)F)ccc3CN3CCN(C(=O)OC(C(F)(F)F)C(F)(F)F)CC3)CC2)C1. The standard InChI is InChI=1S/C25H29F9N4O3/c1-16(39)38-14-22(15-38)4-6-36(7-5-22)19-12-18(23(26,27)28)3-2-17(19)13-35-8-10-37(11-9-35)21(40)41-20(24(29,30)31)25(32,33)34/h2-3,12,20H,4-11,13-15H2,1H3. The molecule has 0 N–H and O–H groups in total. The third-order valence-electron chi connectivity index (χ3n) is 7.91. The number of piperazine rings is 1. The van der Waals surface area contributed by atoms with Crippen LogP contribution in [0.25, 0.3) is 0 Å². The predicted octanol–water partition coefficient (Wildman–Crippen LogP) is 4.90. The highest BCUT2D eigenvalue weighted by atomic mass is 19.4. The van der Waals surface area contributed by atoms with Gasteiger partial charge in [-0.05, 0) is 30.5 Å². The van der Waals surface area contributed by atoms with Crippen LogP contribution >= 0.6 is 0 Å². The summed E-state index contributed by atoms with van der Waals surface area (Å²) in [6.07, 6.45) is -20.8. The molecule has 4 rings (SSSR count). The summed E-state index contributed by atoms with van der Waals surface area (Å²) in [6.45, 7) is 3.51. The second kappa shape index (κ2) is 11.1. The molecule has 0 atom stereocenters. The number of halogens is 9. The molecule has 16 heteroatoms. The molecule has 3 heterocycles. The van der Waals surface area contributed by atoms with Crippen LogP contribution in [-0.4, -0.2) is 97.5 Å². The van der Waals surface area contributed by atoms with Crippen molar-refractivity contribution in [1.29, 1.82) is 0 Å². The maximum atomic E-state index is 13.5. The molecule has 1 aromatic rings. The van der Waals surface area contributed by atoms with Crippen LogP contribution in [-0.2, 0) is 22.3 Å². The Morgan fingerprint density at radius 3 is 1.90 bits per heavy atom. The number of alkyl halides is 9. The molecule has 3 fully saturated rings. The summed E-state index contributed by atoms with van der Waals surface area (Å²) in [4.78, 5) is 29.7. The van der Waals surface area contributed by atoms with E-state index < -0.39 is 36.3 Å². The zero-order valence-corrected chi connectivity index (χ0v) is 22.0. The van der Waals surface area contributed by atoms with Crippen LogP contribution in [0.15, 0.2) is 18.2 Å². The highest BCUT2D eigenvalue weighted by molar-refractivity contribution is 5.74. The normalized spacial score (nSPS) is 20.4. The first kappa shape index (κ1) is 31.0. The number of benzene rings is 1. The molecular weight excluding hydrogens is 575 g/mol. The van der Waals surface area contributed by atoms with Gasteiger partial charge < -0.3 is 19.4 Å². The van der Waals surface area contributed by atoms with Gasteiger partial charge in [0, 0.05) is 76.9 Å². The third-order valence-corrected chi connectivity index (χ3v) is 7.91. The Kier molecular flexibility index (Phi) is 8.37. The first-order valence-electron chi connectivity index (χ1n) is 12.9. The highest BCUT2D eigenvalue weighted by Crippen LogP contribution is 2.43. The van der Waals surface area contributed by atoms with E-state index in [4.69, 9.17) is 0 Å². The summed E-state index contributed by atoms with van der Waals surface area (Å²) in [5.74, 6) is -0.0212. The largest absolute Gasteiger partial charge is 0.434 e. The maximum absolute atomic E-state index is 13.5. The summed E-state index contributed by atoms with van der Waals surface area (Å²) >= 11 is 0. The molecule has 0 aromatic heterocycles. The highest BCUT2D eigenvalue weighted by Gasteiger charge is 2.60. The minimum Gasteiger partial charge on any atom is -0.426 e. The molecule has 0 radical (unpaired) electrons. The van der Waals surface area contributed by atoms with Crippen LogP contribution in [0.3, 0.4) is 0 Å². The minimum absolute atomic E-state index is 0.0212. The van der Waals surface area contributed by atoms with Gasteiger partial charge in [0.2, 0.25) is 5.91 Å². The number of likely N-dealkylation sites (tertiary alicyclic amines) is 1. The number of carbonyl (C=O) groups is 2. The lowest BCUT2D eigenvalue weighted by Crippen LogP contribution is -2.61. The number of hydrogen-bond donors (Lipinski definition) is 0. The minimum atomic E-state index is -5.83. The lowest BCUT2D eigenvalue weighted by molar-refractivity contribution is -0.308. The Balaban J connectivity index is 1.40. The fourth-order valence-corrected chi connectivity index (χ4v) is 5.52. The van der Waals surface area contributed by atoms with Crippen molar-refractivity contribution in [3.8, 4) is 0 Å². The molecule has 3 saturated heterocycles. The molecule has 230 valence electrons. The van der Waals surface area contributed by atoms with E-state index in [1.165, 1.54) is 13.0 Å². The first-order valence-corrected chi connectivity index (χ1v) is 12.9. The second-order valence-corrected chi connectivity index (χ2v) is 10.8. The quantitative estimate of drug-likeness (QED) is 0.458. The monoisotopic (exact) mass is 604 g/mol. The van der Waals surface area contributed by atoms with Gasteiger partial charge in [0.1, 0.15) is 0 Å². The van der Waals surface area contributed by atoms with Crippen LogP contribution in [0.2, 0.25) is 0 Å². The van der Waals surface area contributed by atoms with Crippen molar-refractivity contribution in [1.82, 2.24) is 14.7 Å². The van der Waals surface area contributed by atoms with E-state index in [0.717, 1.165) is 17.0 Å². The van der Waals surface area contributed by atoms with E-state index in [1.807, 2.05) is 4.90 Å². The fourth-order valence-electron chi connectivity index (χ4n) is 5.52. The molecule has 41 heavy (non-hydrogen) atoms. The van der Waals surface area contributed by atoms with E-state index in [1.54, 1.807) is 9.80 Å². The van der Waals surface area contributed by atoms with Crippen LogP contribution in [0, 0.1) is 5.41 Å². The van der Waals surface area contributed by atoms with Gasteiger partial charge in [0.15, 0.2) is 0 Å². The van der Waals surface area contributed by atoms with Crippen LogP contribution in [0.4, 0.5) is 50.0 Å². The molecule has 0 bridgehead atoms. The number of hydrogen-bond acceptors (Lipinski definition) is 5. The smallest absolute Gasteiger partial charge is 0.426 e. The zero-order chi connectivity index (χ0) is 30.4. The fraction of sp³-hybridized carbons (Fsp3) is 0.680. The van der Waals surface area contributed by atoms with Crippen molar-refractivity contribution in [2.75, 3.05) is 57.3 Å². The van der Waals surface area contributed by atoms with E-state index in [0.29, 0.717) is 50.3 Å². The third kappa shape index (κ3) is 7.12. The van der Waals surface area contributed by atoms with Gasteiger partial charge in [-0.1, -0.05) is 6.07 Å². The Labute approximate surface area is 229 Å². The topological polar surface area (TPSA) is 56.3 Å². The van der Waals surface area contributed by atoms with Gasteiger partial charge in [-0.25, -0.2) is 4.79 Å². The van der Waals surface area contributed by atoms with Crippen LogP contribution < -0.4 is 4.90 Å².